The van der Waals surface area contributed by atoms with E-state index in [0.717, 1.165) is 0 Å². The zero-order valence-corrected chi connectivity index (χ0v) is 13.6. The molecule has 4 rings (SSSR count). The van der Waals surface area contributed by atoms with E-state index in [0.29, 0.717) is 0 Å². The molecular formula is C18H12S3. The van der Waals surface area contributed by atoms with Crippen LogP contribution in [0.25, 0.3) is 31.3 Å². The van der Waals surface area contributed by atoms with Gasteiger partial charge in [0.15, 0.2) is 0 Å². The van der Waals surface area contributed by atoms with Crippen molar-refractivity contribution in [1.82, 2.24) is 0 Å². The van der Waals surface area contributed by atoms with Crippen molar-refractivity contribution >= 4 is 34.0 Å². The molecule has 3 heterocycles. The molecule has 3 aromatic heterocycles. The predicted molar refractivity (Wildman–Crippen MR) is 96.4 cm³/mol. The second-order valence-corrected chi connectivity index (χ2v) is 7.57. The van der Waals surface area contributed by atoms with Crippen molar-refractivity contribution in [3.8, 4) is 31.3 Å². The Morgan fingerprint density at radius 2 is 0.810 bits per heavy atom. The van der Waals surface area contributed by atoms with Crippen molar-refractivity contribution in [3.05, 3.63) is 70.7 Å². The number of rotatable bonds is 3. The van der Waals surface area contributed by atoms with E-state index < -0.39 is 0 Å². The smallest absolute Gasteiger partial charge is 0.0343 e. The van der Waals surface area contributed by atoms with Crippen LogP contribution < -0.4 is 0 Å². The second kappa shape index (κ2) is 5.60. The molecule has 0 saturated heterocycles. The van der Waals surface area contributed by atoms with Gasteiger partial charge in [-0.2, -0.15) is 0 Å². The SMILES string of the molecule is c1csc(-c2cc(-c3cccs3)cc(-c3cccs3)c2)c1. The lowest BCUT2D eigenvalue weighted by Gasteiger charge is -2.07. The van der Waals surface area contributed by atoms with Gasteiger partial charge >= 0.3 is 0 Å². The molecule has 0 N–H and O–H groups in total. The standard InChI is InChI=1S/C18H12S3/c1-4-16(19-7-1)13-10-14(17-5-2-8-20-17)12-15(11-13)18-6-3-9-21-18/h1-12H. The lowest BCUT2D eigenvalue weighted by Crippen LogP contribution is -1.81. The average molecular weight is 324 g/mol. The van der Waals surface area contributed by atoms with Gasteiger partial charge in [-0.1, -0.05) is 18.2 Å². The molecule has 0 radical (unpaired) electrons. The van der Waals surface area contributed by atoms with E-state index in [1.165, 1.54) is 31.3 Å². The van der Waals surface area contributed by atoms with Gasteiger partial charge in [0.1, 0.15) is 0 Å². The van der Waals surface area contributed by atoms with Crippen LogP contribution in [0.1, 0.15) is 0 Å². The summed E-state index contributed by atoms with van der Waals surface area (Å²) < 4.78 is 0. The number of thiophene rings is 3. The predicted octanol–water partition coefficient (Wildman–Crippen LogP) is 6.87. The first-order valence-corrected chi connectivity index (χ1v) is 9.31. The van der Waals surface area contributed by atoms with Crippen molar-refractivity contribution in [2.75, 3.05) is 0 Å². The number of hydrogen-bond donors (Lipinski definition) is 0. The third-order valence-corrected chi connectivity index (χ3v) is 6.11. The minimum absolute atomic E-state index is 1.30. The maximum Gasteiger partial charge on any atom is 0.0343 e. The van der Waals surface area contributed by atoms with Gasteiger partial charge in [-0.3, -0.25) is 0 Å². The number of benzene rings is 1. The molecule has 0 aliphatic rings. The molecule has 21 heavy (non-hydrogen) atoms. The highest BCUT2D eigenvalue weighted by molar-refractivity contribution is 7.14. The van der Waals surface area contributed by atoms with Gasteiger partial charge in [-0.25, -0.2) is 0 Å². The lowest BCUT2D eigenvalue weighted by atomic mass is 10.0. The van der Waals surface area contributed by atoms with Crippen LogP contribution in [0, 0.1) is 0 Å². The van der Waals surface area contributed by atoms with Crippen LogP contribution in [-0.4, -0.2) is 0 Å². The first-order valence-electron chi connectivity index (χ1n) is 6.67. The highest BCUT2D eigenvalue weighted by Gasteiger charge is 2.08. The summed E-state index contributed by atoms with van der Waals surface area (Å²) in [6, 6.07) is 19.8. The summed E-state index contributed by atoms with van der Waals surface area (Å²) in [5.74, 6) is 0. The second-order valence-electron chi connectivity index (χ2n) is 4.73. The maximum atomic E-state index is 2.30. The Hall–Kier alpha value is -1.68. The van der Waals surface area contributed by atoms with E-state index in [1.807, 2.05) is 0 Å². The van der Waals surface area contributed by atoms with E-state index in [4.69, 9.17) is 0 Å². The van der Waals surface area contributed by atoms with Gasteiger partial charge < -0.3 is 0 Å². The molecule has 0 unspecified atom stereocenters. The Balaban J connectivity index is 1.92. The van der Waals surface area contributed by atoms with E-state index in [-0.39, 0.29) is 0 Å². The number of hydrogen-bond acceptors (Lipinski definition) is 3. The first kappa shape index (κ1) is 13.0. The molecule has 0 atom stereocenters. The Labute approximate surface area is 136 Å². The van der Waals surface area contributed by atoms with Crippen molar-refractivity contribution in [1.29, 1.82) is 0 Å². The van der Waals surface area contributed by atoms with Crippen LogP contribution in [0.2, 0.25) is 0 Å². The lowest BCUT2D eigenvalue weighted by molar-refractivity contribution is 1.67. The topological polar surface area (TPSA) is 0 Å². The largest absolute Gasteiger partial charge is 0.144 e. The molecule has 0 nitrogen and oxygen atoms in total. The minimum Gasteiger partial charge on any atom is -0.144 e. The molecule has 102 valence electrons. The summed E-state index contributed by atoms with van der Waals surface area (Å²) >= 11 is 5.38. The van der Waals surface area contributed by atoms with E-state index in [9.17, 15) is 0 Å². The third-order valence-electron chi connectivity index (χ3n) is 3.35. The van der Waals surface area contributed by atoms with Gasteiger partial charge in [-0.05, 0) is 69.2 Å². The molecule has 0 aliphatic heterocycles. The van der Waals surface area contributed by atoms with Crippen LogP contribution in [0.3, 0.4) is 0 Å². The molecule has 0 aliphatic carbocycles. The van der Waals surface area contributed by atoms with Crippen LogP contribution >= 0.6 is 34.0 Å². The Kier molecular flexibility index (Phi) is 3.47. The van der Waals surface area contributed by atoms with E-state index >= 15 is 0 Å². The average Bonchev–Trinajstić information content (AvgIpc) is 3.29. The zero-order valence-electron chi connectivity index (χ0n) is 11.2. The van der Waals surface area contributed by atoms with Gasteiger partial charge in [0.25, 0.3) is 0 Å². The van der Waals surface area contributed by atoms with E-state index in [2.05, 4.69) is 70.7 Å². The summed E-state index contributed by atoms with van der Waals surface area (Å²) in [4.78, 5) is 3.98. The Bertz CT molecular complexity index is 696. The van der Waals surface area contributed by atoms with Crippen LogP contribution in [-0.2, 0) is 0 Å². The van der Waals surface area contributed by atoms with Gasteiger partial charge in [0, 0.05) is 14.6 Å². The van der Waals surface area contributed by atoms with Gasteiger partial charge in [0.05, 0.1) is 0 Å². The van der Waals surface area contributed by atoms with Crippen molar-refractivity contribution in [2.45, 2.75) is 0 Å². The summed E-state index contributed by atoms with van der Waals surface area (Å²) in [7, 11) is 0. The third kappa shape index (κ3) is 2.60. The minimum atomic E-state index is 1.30. The summed E-state index contributed by atoms with van der Waals surface area (Å²) in [6.07, 6.45) is 0. The quantitative estimate of drug-likeness (QED) is 0.385. The highest BCUT2D eigenvalue weighted by Crippen LogP contribution is 2.37. The summed E-state index contributed by atoms with van der Waals surface area (Å²) in [5.41, 5.74) is 3.91. The van der Waals surface area contributed by atoms with Crippen molar-refractivity contribution < 1.29 is 0 Å². The molecule has 3 heteroatoms. The molecule has 0 fully saturated rings. The van der Waals surface area contributed by atoms with Crippen LogP contribution in [0.4, 0.5) is 0 Å². The molecule has 0 spiro atoms. The normalized spacial score (nSPS) is 10.9. The Morgan fingerprint density at radius 3 is 1.05 bits per heavy atom. The summed E-state index contributed by atoms with van der Waals surface area (Å²) in [6.45, 7) is 0. The van der Waals surface area contributed by atoms with Crippen molar-refractivity contribution in [3.63, 3.8) is 0 Å². The highest BCUT2D eigenvalue weighted by atomic mass is 32.1. The van der Waals surface area contributed by atoms with Gasteiger partial charge in [0.2, 0.25) is 0 Å². The molecule has 1 aromatic carbocycles. The van der Waals surface area contributed by atoms with Gasteiger partial charge in [-0.15, -0.1) is 34.0 Å². The van der Waals surface area contributed by atoms with Crippen LogP contribution in [0.5, 0.6) is 0 Å². The summed E-state index contributed by atoms with van der Waals surface area (Å²) in [5, 5.41) is 6.41. The fraction of sp³-hybridized carbons (Fsp3) is 0. The molecule has 0 saturated carbocycles. The van der Waals surface area contributed by atoms with E-state index in [1.54, 1.807) is 34.0 Å². The Morgan fingerprint density at radius 1 is 0.476 bits per heavy atom. The molecular weight excluding hydrogens is 312 g/mol. The maximum absolute atomic E-state index is 2.30. The molecule has 4 aromatic rings. The monoisotopic (exact) mass is 324 g/mol. The fourth-order valence-corrected chi connectivity index (χ4v) is 4.53. The first-order chi connectivity index (χ1) is 10.4. The van der Waals surface area contributed by atoms with Crippen LogP contribution in [0.15, 0.2) is 70.7 Å². The van der Waals surface area contributed by atoms with Crippen molar-refractivity contribution in [2.24, 2.45) is 0 Å². The fourth-order valence-electron chi connectivity index (χ4n) is 2.38. The molecule has 0 bridgehead atoms. The zero-order chi connectivity index (χ0) is 14.1. The molecule has 0 amide bonds.